The lowest BCUT2D eigenvalue weighted by molar-refractivity contribution is 0.0471. The topological polar surface area (TPSA) is 9.23 Å². The van der Waals surface area contributed by atoms with Crippen molar-refractivity contribution in [3.8, 4) is 0 Å². The molecule has 16 heavy (non-hydrogen) atoms. The lowest BCUT2D eigenvalue weighted by Crippen LogP contribution is -2.27. The minimum absolute atomic E-state index is 0.0420. The molecule has 1 heteroatoms. The average molecular weight is 216 g/mol. The fraction of sp³-hybridized carbons (Fsp3) is 0.467. The molecule has 86 valence electrons. The van der Waals surface area contributed by atoms with E-state index in [1.54, 1.807) is 0 Å². The van der Waals surface area contributed by atoms with Crippen molar-refractivity contribution in [2.75, 3.05) is 0 Å². The highest BCUT2D eigenvalue weighted by Crippen LogP contribution is 2.44. The molecular weight excluding hydrogens is 196 g/mol. The van der Waals surface area contributed by atoms with Crippen molar-refractivity contribution in [1.82, 2.24) is 0 Å². The molecule has 2 rings (SSSR count). The SMILES string of the molecule is CC1C2C\C=C/C=C\C=C/C=C\2OC1(C)C. The summed E-state index contributed by atoms with van der Waals surface area (Å²) in [6.45, 7) is 6.64. The summed E-state index contributed by atoms with van der Waals surface area (Å²) in [7, 11) is 0. The number of rotatable bonds is 0. The summed E-state index contributed by atoms with van der Waals surface area (Å²) in [5, 5.41) is 0. The van der Waals surface area contributed by atoms with E-state index in [-0.39, 0.29) is 5.60 Å². The van der Waals surface area contributed by atoms with Crippen molar-refractivity contribution in [2.45, 2.75) is 32.8 Å². The van der Waals surface area contributed by atoms with Gasteiger partial charge in [0, 0.05) is 11.8 Å². The van der Waals surface area contributed by atoms with E-state index in [9.17, 15) is 0 Å². The summed E-state index contributed by atoms with van der Waals surface area (Å²) < 4.78 is 6.05. The van der Waals surface area contributed by atoms with Gasteiger partial charge < -0.3 is 4.74 Å². The van der Waals surface area contributed by atoms with Gasteiger partial charge in [-0.2, -0.15) is 0 Å². The van der Waals surface area contributed by atoms with Crippen LogP contribution < -0.4 is 0 Å². The maximum Gasteiger partial charge on any atom is 0.106 e. The average Bonchev–Trinajstić information content (AvgIpc) is 2.46. The van der Waals surface area contributed by atoms with Gasteiger partial charge in [-0.1, -0.05) is 43.4 Å². The Bertz CT molecular complexity index is 369. The summed E-state index contributed by atoms with van der Waals surface area (Å²) >= 11 is 0. The highest BCUT2D eigenvalue weighted by atomic mass is 16.5. The molecule has 1 aliphatic heterocycles. The standard InChI is InChI=1S/C15H20O/c1-12-13-10-8-6-4-5-7-9-11-14(13)16-15(12,2)3/h4-9,11-13H,10H2,1-3H3/b5-4-,8-6-,9-7-,14-11+. The van der Waals surface area contributed by atoms with Crippen LogP contribution in [-0.4, -0.2) is 5.60 Å². The molecule has 0 aromatic rings. The second kappa shape index (κ2) is 4.32. The number of hydrogen-bond acceptors (Lipinski definition) is 1. The Morgan fingerprint density at radius 1 is 1.12 bits per heavy atom. The van der Waals surface area contributed by atoms with Crippen molar-refractivity contribution in [1.29, 1.82) is 0 Å². The molecule has 2 atom stereocenters. The quantitative estimate of drug-likeness (QED) is 0.594. The smallest absolute Gasteiger partial charge is 0.106 e. The summed E-state index contributed by atoms with van der Waals surface area (Å²) in [6.07, 6.45) is 15.7. The van der Waals surface area contributed by atoms with Gasteiger partial charge in [0.1, 0.15) is 11.4 Å². The third-order valence-electron chi connectivity index (χ3n) is 3.68. The van der Waals surface area contributed by atoms with Gasteiger partial charge in [0.05, 0.1) is 0 Å². The van der Waals surface area contributed by atoms with Crippen LogP contribution in [0.3, 0.4) is 0 Å². The normalized spacial score (nSPS) is 41.1. The van der Waals surface area contributed by atoms with Gasteiger partial charge in [0.2, 0.25) is 0 Å². The molecule has 0 N–H and O–H groups in total. The van der Waals surface area contributed by atoms with Gasteiger partial charge in [0.15, 0.2) is 0 Å². The van der Waals surface area contributed by atoms with Crippen LogP contribution in [-0.2, 0) is 4.74 Å². The van der Waals surface area contributed by atoms with Gasteiger partial charge in [-0.15, -0.1) is 0 Å². The first-order chi connectivity index (χ1) is 7.61. The zero-order valence-electron chi connectivity index (χ0n) is 10.3. The molecule has 0 spiro atoms. The summed E-state index contributed by atoms with van der Waals surface area (Å²) in [6, 6.07) is 0. The lowest BCUT2D eigenvalue weighted by Gasteiger charge is -2.23. The molecule has 1 heterocycles. The second-order valence-corrected chi connectivity index (χ2v) is 5.10. The molecule has 2 unspecified atom stereocenters. The van der Waals surface area contributed by atoms with Gasteiger partial charge in [-0.3, -0.25) is 0 Å². The van der Waals surface area contributed by atoms with E-state index in [1.165, 1.54) is 0 Å². The molecule has 1 saturated heterocycles. The third-order valence-corrected chi connectivity index (χ3v) is 3.68. The van der Waals surface area contributed by atoms with E-state index in [0.29, 0.717) is 11.8 Å². The van der Waals surface area contributed by atoms with Crippen LogP contribution in [0.15, 0.2) is 48.3 Å². The number of hydrogen-bond donors (Lipinski definition) is 0. The van der Waals surface area contributed by atoms with Crippen molar-refractivity contribution in [3.63, 3.8) is 0 Å². The van der Waals surface area contributed by atoms with Crippen LogP contribution in [0.5, 0.6) is 0 Å². The molecule has 1 nitrogen and oxygen atoms in total. The van der Waals surface area contributed by atoms with Crippen LogP contribution in [0.4, 0.5) is 0 Å². The highest BCUT2D eigenvalue weighted by Gasteiger charge is 2.43. The van der Waals surface area contributed by atoms with Gasteiger partial charge in [0.25, 0.3) is 0 Å². The molecular formula is C15H20O. The Hall–Kier alpha value is -1.24. The Balaban J connectivity index is 2.30. The Kier molecular flexibility index (Phi) is 3.04. The summed E-state index contributed by atoms with van der Waals surface area (Å²) in [4.78, 5) is 0. The Morgan fingerprint density at radius 3 is 2.62 bits per heavy atom. The molecule has 0 radical (unpaired) electrons. The molecule has 0 bridgehead atoms. The lowest BCUT2D eigenvalue weighted by atomic mass is 9.82. The first-order valence-electron chi connectivity index (χ1n) is 6.00. The van der Waals surface area contributed by atoms with Crippen molar-refractivity contribution in [3.05, 3.63) is 48.3 Å². The van der Waals surface area contributed by atoms with Crippen molar-refractivity contribution in [2.24, 2.45) is 11.8 Å². The van der Waals surface area contributed by atoms with Gasteiger partial charge in [-0.05, 0) is 26.3 Å². The van der Waals surface area contributed by atoms with Crippen LogP contribution in [0.1, 0.15) is 27.2 Å². The molecule has 1 fully saturated rings. The molecule has 1 aliphatic carbocycles. The predicted molar refractivity (Wildman–Crippen MR) is 67.9 cm³/mol. The van der Waals surface area contributed by atoms with Crippen molar-refractivity contribution < 1.29 is 4.74 Å². The predicted octanol–water partition coefficient (Wildman–Crippen LogP) is 4.00. The highest BCUT2D eigenvalue weighted by molar-refractivity contribution is 5.23. The largest absolute Gasteiger partial charge is 0.492 e. The van der Waals surface area contributed by atoms with E-state index in [4.69, 9.17) is 4.74 Å². The van der Waals surface area contributed by atoms with Gasteiger partial charge in [-0.25, -0.2) is 0 Å². The van der Waals surface area contributed by atoms with Crippen molar-refractivity contribution >= 4 is 0 Å². The Morgan fingerprint density at radius 2 is 1.81 bits per heavy atom. The van der Waals surface area contributed by atoms with Crippen LogP contribution in [0, 0.1) is 11.8 Å². The van der Waals surface area contributed by atoms with Gasteiger partial charge >= 0.3 is 0 Å². The maximum atomic E-state index is 6.05. The fourth-order valence-electron chi connectivity index (χ4n) is 2.33. The number of fused-ring (bicyclic) bond motifs is 1. The summed E-state index contributed by atoms with van der Waals surface area (Å²) in [5.74, 6) is 2.20. The third kappa shape index (κ3) is 2.13. The molecule has 0 aromatic heterocycles. The van der Waals surface area contributed by atoms with E-state index in [1.807, 2.05) is 12.2 Å². The minimum atomic E-state index is -0.0420. The van der Waals surface area contributed by atoms with Crippen LogP contribution in [0.25, 0.3) is 0 Å². The first-order valence-corrected chi connectivity index (χ1v) is 6.00. The van der Waals surface area contributed by atoms with E-state index >= 15 is 0 Å². The fourth-order valence-corrected chi connectivity index (χ4v) is 2.33. The van der Waals surface area contributed by atoms with Crippen LogP contribution in [0.2, 0.25) is 0 Å². The maximum absolute atomic E-state index is 6.05. The monoisotopic (exact) mass is 216 g/mol. The molecule has 0 saturated carbocycles. The van der Waals surface area contributed by atoms with Crippen LogP contribution >= 0.6 is 0 Å². The zero-order valence-corrected chi connectivity index (χ0v) is 10.3. The Labute approximate surface area is 98.2 Å². The molecule has 0 aromatic carbocycles. The summed E-state index contributed by atoms with van der Waals surface area (Å²) in [5.41, 5.74) is -0.0420. The van der Waals surface area contributed by atoms with E-state index < -0.39 is 0 Å². The molecule has 2 aliphatic rings. The number of ether oxygens (including phenoxy) is 1. The zero-order chi connectivity index (χ0) is 11.6. The van der Waals surface area contributed by atoms with E-state index in [2.05, 4.69) is 51.2 Å². The second-order valence-electron chi connectivity index (χ2n) is 5.10. The number of allylic oxidation sites excluding steroid dienone is 8. The first kappa shape index (κ1) is 11.3. The minimum Gasteiger partial charge on any atom is -0.492 e. The van der Waals surface area contributed by atoms with E-state index in [0.717, 1.165) is 12.2 Å². The molecule has 0 amide bonds.